The Hall–Kier alpha value is -0.120. The van der Waals surface area contributed by atoms with Crippen LogP contribution in [0.4, 0.5) is 0 Å². The van der Waals surface area contributed by atoms with Crippen LogP contribution in [0.25, 0.3) is 0 Å². The first-order valence-corrected chi connectivity index (χ1v) is 8.47. The molecule has 3 heterocycles. The van der Waals surface area contributed by atoms with Gasteiger partial charge in [0, 0.05) is 31.3 Å². The third kappa shape index (κ3) is 3.50. The van der Waals surface area contributed by atoms with E-state index in [2.05, 4.69) is 17.1 Å². The van der Waals surface area contributed by atoms with Crippen molar-refractivity contribution >= 4 is 0 Å². The monoisotopic (exact) mass is 266 g/mol. The summed E-state index contributed by atoms with van der Waals surface area (Å²) in [5.74, 6) is 0. The minimum atomic E-state index is 0.507. The molecule has 110 valence electrons. The van der Waals surface area contributed by atoms with E-state index < -0.39 is 0 Å². The lowest BCUT2D eigenvalue weighted by atomic mass is 9.97. The van der Waals surface area contributed by atoms with Crippen LogP contribution in [0.15, 0.2) is 0 Å². The van der Waals surface area contributed by atoms with Gasteiger partial charge in [0.25, 0.3) is 0 Å². The summed E-state index contributed by atoms with van der Waals surface area (Å²) in [7, 11) is 0. The average Bonchev–Trinajstić information content (AvgIpc) is 2.78. The first-order chi connectivity index (χ1) is 9.35. The maximum atomic E-state index is 5.96. The fourth-order valence-corrected chi connectivity index (χ4v) is 4.25. The standard InChI is InChI=1S/C16H30N2O/c1-2-8-18(12-16-5-3-4-9-19-16)15-10-13-6-7-14(11-15)17-13/h13-17H,2-12H2,1H3. The van der Waals surface area contributed by atoms with Crippen LogP contribution in [0.2, 0.25) is 0 Å². The molecule has 3 unspecified atom stereocenters. The van der Waals surface area contributed by atoms with Gasteiger partial charge in [-0.1, -0.05) is 6.92 Å². The number of hydrogen-bond acceptors (Lipinski definition) is 3. The predicted molar refractivity (Wildman–Crippen MR) is 78.4 cm³/mol. The number of nitrogens with one attached hydrogen (secondary N) is 1. The van der Waals surface area contributed by atoms with Crippen molar-refractivity contribution in [3.63, 3.8) is 0 Å². The van der Waals surface area contributed by atoms with Crippen molar-refractivity contribution in [1.29, 1.82) is 0 Å². The molecule has 3 aliphatic rings. The van der Waals surface area contributed by atoms with Crippen molar-refractivity contribution < 1.29 is 4.74 Å². The number of rotatable bonds is 5. The molecule has 0 radical (unpaired) electrons. The highest BCUT2D eigenvalue weighted by Crippen LogP contribution is 2.30. The molecule has 0 amide bonds. The quantitative estimate of drug-likeness (QED) is 0.827. The molecular weight excluding hydrogens is 236 g/mol. The highest BCUT2D eigenvalue weighted by molar-refractivity contribution is 4.96. The van der Waals surface area contributed by atoms with E-state index in [1.807, 2.05) is 0 Å². The number of nitrogens with zero attached hydrogens (tertiary/aromatic N) is 1. The molecule has 0 aromatic heterocycles. The van der Waals surface area contributed by atoms with Crippen LogP contribution in [0.5, 0.6) is 0 Å². The van der Waals surface area contributed by atoms with Gasteiger partial charge in [-0.15, -0.1) is 0 Å². The van der Waals surface area contributed by atoms with Gasteiger partial charge in [-0.25, -0.2) is 0 Å². The molecule has 3 saturated heterocycles. The summed E-state index contributed by atoms with van der Waals surface area (Å²) in [5.41, 5.74) is 0. The highest BCUT2D eigenvalue weighted by Gasteiger charge is 2.36. The van der Waals surface area contributed by atoms with Crippen LogP contribution >= 0.6 is 0 Å². The van der Waals surface area contributed by atoms with E-state index in [0.29, 0.717) is 6.10 Å². The minimum Gasteiger partial charge on any atom is -0.377 e. The van der Waals surface area contributed by atoms with E-state index in [-0.39, 0.29) is 0 Å². The van der Waals surface area contributed by atoms with E-state index in [1.165, 1.54) is 64.5 Å². The highest BCUT2D eigenvalue weighted by atomic mass is 16.5. The first-order valence-electron chi connectivity index (χ1n) is 8.47. The maximum absolute atomic E-state index is 5.96. The van der Waals surface area contributed by atoms with Crippen molar-refractivity contribution in [1.82, 2.24) is 10.2 Å². The van der Waals surface area contributed by atoms with E-state index >= 15 is 0 Å². The van der Waals surface area contributed by atoms with Crippen LogP contribution in [-0.2, 0) is 4.74 Å². The van der Waals surface area contributed by atoms with Gasteiger partial charge in [0.15, 0.2) is 0 Å². The lowest BCUT2D eigenvalue weighted by molar-refractivity contribution is -0.0183. The fourth-order valence-electron chi connectivity index (χ4n) is 4.25. The normalized spacial score (nSPS) is 38.8. The zero-order valence-corrected chi connectivity index (χ0v) is 12.4. The Morgan fingerprint density at radius 3 is 2.53 bits per heavy atom. The Bertz CT molecular complexity index is 266. The van der Waals surface area contributed by atoms with E-state index in [9.17, 15) is 0 Å². The third-order valence-corrected chi connectivity index (χ3v) is 5.19. The summed E-state index contributed by atoms with van der Waals surface area (Å²) in [6, 6.07) is 2.41. The van der Waals surface area contributed by atoms with Crippen LogP contribution in [0.1, 0.15) is 58.3 Å². The summed E-state index contributed by atoms with van der Waals surface area (Å²) in [6.45, 7) is 5.73. The van der Waals surface area contributed by atoms with Gasteiger partial charge >= 0.3 is 0 Å². The summed E-state index contributed by atoms with van der Waals surface area (Å²) in [4.78, 5) is 2.75. The zero-order chi connectivity index (χ0) is 13.1. The zero-order valence-electron chi connectivity index (χ0n) is 12.4. The average molecular weight is 266 g/mol. The summed E-state index contributed by atoms with van der Waals surface area (Å²) in [6.07, 6.45) is 11.2. The lowest BCUT2D eigenvalue weighted by Gasteiger charge is -2.40. The largest absolute Gasteiger partial charge is 0.377 e. The van der Waals surface area contributed by atoms with Crippen molar-refractivity contribution in [3.05, 3.63) is 0 Å². The molecular formula is C16H30N2O. The molecule has 1 N–H and O–H groups in total. The van der Waals surface area contributed by atoms with Gasteiger partial charge in [-0.05, 0) is 57.9 Å². The smallest absolute Gasteiger partial charge is 0.0702 e. The van der Waals surface area contributed by atoms with Crippen molar-refractivity contribution in [2.75, 3.05) is 19.7 Å². The molecule has 19 heavy (non-hydrogen) atoms. The topological polar surface area (TPSA) is 24.5 Å². The van der Waals surface area contributed by atoms with Gasteiger partial charge in [-0.3, -0.25) is 4.90 Å². The van der Waals surface area contributed by atoms with Gasteiger partial charge in [-0.2, -0.15) is 0 Å². The molecule has 3 rings (SSSR count). The molecule has 0 saturated carbocycles. The van der Waals surface area contributed by atoms with Gasteiger partial charge in [0.2, 0.25) is 0 Å². The minimum absolute atomic E-state index is 0.507. The summed E-state index contributed by atoms with van der Waals surface area (Å²) in [5, 5.41) is 3.76. The molecule has 3 heteroatoms. The van der Waals surface area contributed by atoms with Crippen LogP contribution in [-0.4, -0.2) is 48.8 Å². The Morgan fingerprint density at radius 1 is 1.11 bits per heavy atom. The predicted octanol–water partition coefficient (Wildman–Crippen LogP) is 2.55. The molecule has 3 nitrogen and oxygen atoms in total. The maximum Gasteiger partial charge on any atom is 0.0702 e. The van der Waals surface area contributed by atoms with Gasteiger partial charge in [0.05, 0.1) is 6.10 Å². The number of piperidine rings is 1. The Balaban J connectivity index is 1.56. The molecule has 0 spiro atoms. The Morgan fingerprint density at radius 2 is 1.89 bits per heavy atom. The molecule has 2 bridgehead atoms. The molecule has 0 aliphatic carbocycles. The van der Waals surface area contributed by atoms with Crippen molar-refractivity contribution in [2.45, 2.75) is 82.5 Å². The molecule has 3 aliphatic heterocycles. The van der Waals surface area contributed by atoms with Crippen LogP contribution < -0.4 is 5.32 Å². The van der Waals surface area contributed by atoms with E-state index in [1.54, 1.807) is 0 Å². The number of hydrogen-bond donors (Lipinski definition) is 1. The third-order valence-electron chi connectivity index (χ3n) is 5.19. The van der Waals surface area contributed by atoms with Crippen molar-refractivity contribution in [3.8, 4) is 0 Å². The second kappa shape index (κ2) is 6.55. The summed E-state index contributed by atoms with van der Waals surface area (Å²) < 4.78 is 5.96. The van der Waals surface area contributed by atoms with Crippen LogP contribution in [0.3, 0.4) is 0 Å². The van der Waals surface area contributed by atoms with Gasteiger partial charge < -0.3 is 10.1 Å². The second-order valence-corrected chi connectivity index (χ2v) is 6.75. The Kier molecular flexibility index (Phi) is 4.78. The molecule has 3 atom stereocenters. The van der Waals surface area contributed by atoms with E-state index in [0.717, 1.165) is 24.7 Å². The Labute approximate surface area is 118 Å². The van der Waals surface area contributed by atoms with Crippen LogP contribution in [0, 0.1) is 0 Å². The lowest BCUT2D eigenvalue weighted by Crippen LogP contribution is -2.50. The first kappa shape index (κ1) is 13.8. The number of fused-ring (bicyclic) bond motifs is 2. The SMILES string of the molecule is CCCN(CC1CCCCO1)C1CC2CCC(C1)N2. The van der Waals surface area contributed by atoms with Gasteiger partial charge in [0.1, 0.15) is 0 Å². The van der Waals surface area contributed by atoms with E-state index in [4.69, 9.17) is 4.74 Å². The van der Waals surface area contributed by atoms with Crippen molar-refractivity contribution in [2.24, 2.45) is 0 Å². The fraction of sp³-hybridized carbons (Fsp3) is 1.00. The second-order valence-electron chi connectivity index (χ2n) is 6.75. The molecule has 3 fully saturated rings. The summed E-state index contributed by atoms with van der Waals surface area (Å²) >= 11 is 0. The number of ether oxygens (including phenoxy) is 1. The molecule has 0 aromatic rings. The molecule has 0 aromatic carbocycles.